The molecule has 0 aliphatic carbocycles. The minimum atomic E-state index is -1.04. The van der Waals surface area contributed by atoms with Crippen molar-refractivity contribution in [2.24, 2.45) is 0 Å². The fraction of sp³-hybridized carbons (Fsp3) is 0.154. The third-order valence-electron chi connectivity index (χ3n) is 1.97. The van der Waals surface area contributed by atoms with E-state index in [1.54, 1.807) is 12.1 Å². The van der Waals surface area contributed by atoms with Gasteiger partial charge in [0.2, 0.25) is 0 Å². The predicted molar refractivity (Wildman–Crippen MR) is 69.0 cm³/mol. The molecule has 1 aromatic carbocycles. The smallest absolute Gasteiger partial charge is 0.328 e. The van der Waals surface area contributed by atoms with Gasteiger partial charge in [0, 0.05) is 6.08 Å². The fourth-order valence-electron chi connectivity index (χ4n) is 1.26. The Morgan fingerprint density at radius 3 is 2.89 bits per heavy atom. The van der Waals surface area contributed by atoms with E-state index in [1.807, 2.05) is 0 Å². The van der Waals surface area contributed by atoms with Crippen molar-refractivity contribution < 1.29 is 19.4 Å². The second-order valence-electron chi connectivity index (χ2n) is 3.20. The van der Waals surface area contributed by atoms with Crippen molar-refractivity contribution in [3.8, 4) is 23.8 Å². The third-order valence-corrected chi connectivity index (χ3v) is 2.25. The van der Waals surface area contributed by atoms with E-state index in [0.29, 0.717) is 22.1 Å². The maximum absolute atomic E-state index is 10.4. The van der Waals surface area contributed by atoms with Crippen LogP contribution in [0.5, 0.6) is 11.5 Å². The van der Waals surface area contributed by atoms with E-state index < -0.39 is 5.97 Å². The van der Waals surface area contributed by atoms with Crippen LogP contribution in [0, 0.1) is 12.3 Å². The molecule has 0 radical (unpaired) electrons. The van der Waals surface area contributed by atoms with Crippen molar-refractivity contribution in [2.45, 2.75) is 0 Å². The number of halogens is 1. The first-order valence-corrected chi connectivity index (χ1v) is 5.31. The molecular weight excluding hydrogens is 256 g/mol. The van der Waals surface area contributed by atoms with Crippen molar-refractivity contribution in [1.82, 2.24) is 0 Å². The van der Waals surface area contributed by atoms with Crippen LogP contribution in [0.2, 0.25) is 5.02 Å². The maximum atomic E-state index is 10.4. The molecule has 0 heterocycles. The van der Waals surface area contributed by atoms with Gasteiger partial charge in [-0.25, -0.2) is 4.79 Å². The van der Waals surface area contributed by atoms with Gasteiger partial charge in [0.1, 0.15) is 6.61 Å². The first kappa shape index (κ1) is 13.9. The summed E-state index contributed by atoms with van der Waals surface area (Å²) in [5, 5.41) is 8.84. The average Bonchev–Trinajstić information content (AvgIpc) is 2.34. The molecule has 0 saturated carbocycles. The van der Waals surface area contributed by atoms with Crippen LogP contribution in [0.3, 0.4) is 0 Å². The molecule has 1 rings (SSSR count). The van der Waals surface area contributed by atoms with E-state index in [0.717, 1.165) is 6.08 Å². The number of methoxy groups -OCH3 is 1. The number of aliphatic carboxylic acids is 1. The standard InChI is InChI=1S/C13H11ClO4/c1-3-6-18-13-10(14)7-9(4-5-12(15)16)8-11(13)17-2/h1,4-5,7-8H,6H2,2H3,(H,15,16)/b5-4+. The lowest BCUT2D eigenvalue weighted by Crippen LogP contribution is -1.98. The SMILES string of the molecule is C#CCOc1c(Cl)cc(/C=C/C(=O)O)cc1OC. The van der Waals surface area contributed by atoms with E-state index in [4.69, 9.17) is 32.6 Å². The van der Waals surface area contributed by atoms with Crippen molar-refractivity contribution in [3.63, 3.8) is 0 Å². The third kappa shape index (κ3) is 3.72. The van der Waals surface area contributed by atoms with Crippen molar-refractivity contribution in [2.75, 3.05) is 13.7 Å². The molecule has 0 aromatic heterocycles. The zero-order chi connectivity index (χ0) is 13.5. The molecule has 0 amide bonds. The van der Waals surface area contributed by atoms with Gasteiger partial charge in [0.15, 0.2) is 11.5 Å². The largest absolute Gasteiger partial charge is 0.493 e. The van der Waals surface area contributed by atoms with Crippen LogP contribution in [0.4, 0.5) is 0 Å². The highest BCUT2D eigenvalue weighted by Crippen LogP contribution is 2.36. The predicted octanol–water partition coefficient (Wildman–Crippen LogP) is 2.46. The Balaban J connectivity index is 3.10. The summed E-state index contributed by atoms with van der Waals surface area (Å²) in [5.41, 5.74) is 0.590. The highest BCUT2D eigenvalue weighted by atomic mass is 35.5. The van der Waals surface area contributed by atoms with Gasteiger partial charge in [-0.3, -0.25) is 0 Å². The molecule has 0 spiro atoms. The summed E-state index contributed by atoms with van der Waals surface area (Å²) in [4.78, 5) is 10.4. The molecule has 1 aromatic rings. The first-order chi connectivity index (χ1) is 8.58. The number of hydrogen-bond donors (Lipinski definition) is 1. The van der Waals surface area contributed by atoms with Gasteiger partial charge in [0.25, 0.3) is 0 Å². The maximum Gasteiger partial charge on any atom is 0.328 e. The van der Waals surface area contributed by atoms with Crippen LogP contribution < -0.4 is 9.47 Å². The molecule has 0 aliphatic rings. The molecule has 0 bridgehead atoms. The first-order valence-electron chi connectivity index (χ1n) is 4.93. The van der Waals surface area contributed by atoms with Gasteiger partial charge in [-0.1, -0.05) is 17.5 Å². The summed E-state index contributed by atoms with van der Waals surface area (Å²) in [6.07, 6.45) is 7.50. The highest BCUT2D eigenvalue weighted by molar-refractivity contribution is 6.32. The molecule has 0 aliphatic heterocycles. The molecule has 1 N–H and O–H groups in total. The lowest BCUT2D eigenvalue weighted by atomic mass is 10.2. The summed E-state index contributed by atoms with van der Waals surface area (Å²) in [7, 11) is 1.46. The quantitative estimate of drug-likeness (QED) is 0.657. The fourth-order valence-corrected chi connectivity index (χ4v) is 1.53. The number of benzene rings is 1. The van der Waals surface area contributed by atoms with Crippen LogP contribution in [-0.4, -0.2) is 24.8 Å². The summed E-state index contributed by atoms with van der Waals surface area (Å²) in [6, 6.07) is 3.17. The number of carbonyl (C=O) groups is 1. The molecule has 5 heteroatoms. The van der Waals surface area contributed by atoms with Crippen LogP contribution in [0.1, 0.15) is 5.56 Å². The van der Waals surface area contributed by atoms with Gasteiger partial charge in [-0.2, -0.15) is 0 Å². The zero-order valence-corrected chi connectivity index (χ0v) is 10.4. The molecule has 94 valence electrons. The molecule has 18 heavy (non-hydrogen) atoms. The van der Waals surface area contributed by atoms with Crippen molar-refractivity contribution in [3.05, 3.63) is 28.8 Å². The molecular formula is C13H11ClO4. The summed E-state index contributed by atoms with van der Waals surface area (Å²) in [5.74, 6) is 2.01. The lowest BCUT2D eigenvalue weighted by molar-refractivity contribution is -0.131. The Bertz CT molecular complexity index is 514. The minimum Gasteiger partial charge on any atom is -0.493 e. The second-order valence-corrected chi connectivity index (χ2v) is 3.61. The second kappa shape index (κ2) is 6.58. The number of rotatable bonds is 5. The number of terminal acetylenes is 1. The Hall–Kier alpha value is -2.12. The van der Waals surface area contributed by atoms with Crippen molar-refractivity contribution >= 4 is 23.6 Å². The topological polar surface area (TPSA) is 55.8 Å². The van der Waals surface area contributed by atoms with Crippen LogP contribution >= 0.6 is 11.6 Å². The normalized spacial score (nSPS) is 10.1. The van der Waals surface area contributed by atoms with Gasteiger partial charge in [-0.05, 0) is 23.8 Å². The van der Waals surface area contributed by atoms with E-state index >= 15 is 0 Å². The van der Waals surface area contributed by atoms with Crippen LogP contribution in [0.25, 0.3) is 6.08 Å². The molecule has 0 fully saturated rings. The molecule has 0 saturated heterocycles. The molecule has 4 nitrogen and oxygen atoms in total. The summed E-state index contributed by atoms with van der Waals surface area (Å²) >= 11 is 6.01. The van der Waals surface area contributed by atoms with Crippen molar-refractivity contribution in [1.29, 1.82) is 0 Å². The summed E-state index contributed by atoms with van der Waals surface area (Å²) in [6.45, 7) is 0.0698. The van der Waals surface area contributed by atoms with E-state index in [2.05, 4.69) is 5.92 Å². The number of carboxylic acid groups (broad SMARTS) is 1. The Labute approximate surface area is 110 Å². The van der Waals surface area contributed by atoms with E-state index in [9.17, 15) is 4.79 Å². The summed E-state index contributed by atoms with van der Waals surface area (Å²) < 4.78 is 10.4. The Morgan fingerprint density at radius 1 is 1.61 bits per heavy atom. The number of ether oxygens (including phenoxy) is 2. The minimum absolute atomic E-state index is 0.0698. The monoisotopic (exact) mass is 266 g/mol. The zero-order valence-electron chi connectivity index (χ0n) is 9.64. The van der Waals surface area contributed by atoms with E-state index in [1.165, 1.54) is 13.2 Å². The van der Waals surface area contributed by atoms with Gasteiger partial charge >= 0.3 is 5.97 Å². The van der Waals surface area contributed by atoms with Crippen LogP contribution in [0.15, 0.2) is 18.2 Å². The van der Waals surface area contributed by atoms with Crippen LogP contribution in [-0.2, 0) is 4.79 Å². The Kier molecular flexibility index (Phi) is 5.09. The highest BCUT2D eigenvalue weighted by Gasteiger charge is 2.10. The number of hydrogen-bond acceptors (Lipinski definition) is 3. The van der Waals surface area contributed by atoms with Gasteiger partial charge < -0.3 is 14.6 Å². The average molecular weight is 267 g/mol. The lowest BCUT2D eigenvalue weighted by Gasteiger charge is -2.11. The number of carboxylic acids is 1. The Morgan fingerprint density at radius 2 is 2.33 bits per heavy atom. The molecule has 0 atom stereocenters. The van der Waals surface area contributed by atoms with E-state index in [-0.39, 0.29) is 6.61 Å². The van der Waals surface area contributed by atoms with Gasteiger partial charge in [0.05, 0.1) is 12.1 Å². The molecule has 0 unspecified atom stereocenters. The van der Waals surface area contributed by atoms with Gasteiger partial charge in [-0.15, -0.1) is 6.42 Å².